The van der Waals surface area contributed by atoms with Gasteiger partial charge in [-0.25, -0.2) is 0 Å². The summed E-state index contributed by atoms with van der Waals surface area (Å²) in [7, 11) is 1.96. The molecule has 0 aromatic heterocycles. The number of terminal acetylenes is 1. The fraction of sp³-hybridized carbons (Fsp3) is 0.348. The topological polar surface area (TPSA) is 52.6 Å². The van der Waals surface area contributed by atoms with Crippen molar-refractivity contribution in [1.29, 1.82) is 0 Å². The first kappa shape index (κ1) is 19.0. The summed E-state index contributed by atoms with van der Waals surface area (Å²) < 4.78 is 0. The maximum Gasteiger partial charge on any atom is 0.243 e. The number of nitrogens with zero attached hydrogens (tertiary/aromatic N) is 1. The average Bonchev–Trinajstić information content (AvgIpc) is 2.66. The molecule has 0 saturated heterocycles. The zero-order valence-corrected chi connectivity index (χ0v) is 16.1. The predicted molar refractivity (Wildman–Crippen MR) is 110 cm³/mol. The van der Waals surface area contributed by atoms with Crippen molar-refractivity contribution in [1.82, 2.24) is 5.32 Å². The van der Waals surface area contributed by atoms with Gasteiger partial charge in [0.05, 0.1) is 12.6 Å². The molecule has 1 heterocycles. The van der Waals surface area contributed by atoms with Gasteiger partial charge in [-0.1, -0.05) is 44.0 Å². The summed E-state index contributed by atoms with van der Waals surface area (Å²) in [6, 6.07) is 13.5. The Morgan fingerprint density at radius 1 is 1.30 bits per heavy atom. The predicted octanol–water partition coefficient (Wildman–Crippen LogP) is 2.83. The number of rotatable bonds is 3. The average molecular weight is 362 g/mol. The van der Waals surface area contributed by atoms with Gasteiger partial charge in [0.2, 0.25) is 5.91 Å². The van der Waals surface area contributed by atoms with E-state index in [1.165, 1.54) is 0 Å². The molecule has 2 aromatic carbocycles. The summed E-state index contributed by atoms with van der Waals surface area (Å²) in [5, 5.41) is 12.7. The molecule has 2 atom stereocenters. The fourth-order valence-corrected chi connectivity index (χ4v) is 3.91. The number of nitrogens with one attached hydrogen (secondary N) is 1. The van der Waals surface area contributed by atoms with Gasteiger partial charge in [0.1, 0.15) is 6.04 Å². The van der Waals surface area contributed by atoms with Crippen molar-refractivity contribution in [2.45, 2.75) is 32.4 Å². The largest absolute Gasteiger partial charge is 0.394 e. The second kappa shape index (κ2) is 7.85. The van der Waals surface area contributed by atoms with Crippen LogP contribution in [-0.2, 0) is 11.2 Å². The van der Waals surface area contributed by atoms with E-state index in [0.717, 1.165) is 27.9 Å². The van der Waals surface area contributed by atoms with E-state index >= 15 is 0 Å². The first-order valence-electron chi connectivity index (χ1n) is 9.29. The Morgan fingerprint density at radius 2 is 2.04 bits per heavy atom. The van der Waals surface area contributed by atoms with E-state index in [0.29, 0.717) is 6.42 Å². The lowest BCUT2D eigenvalue weighted by molar-refractivity contribution is -0.124. The Hall–Kier alpha value is -2.77. The zero-order chi connectivity index (χ0) is 19.6. The number of anilines is 1. The van der Waals surface area contributed by atoms with Crippen LogP contribution in [0.4, 0.5) is 5.69 Å². The van der Waals surface area contributed by atoms with Gasteiger partial charge in [-0.3, -0.25) is 4.79 Å². The lowest BCUT2D eigenvalue weighted by atomic mass is 9.92. The standard InChI is InChI=1S/C23H26N2O2/c1-5-16-8-6-7-9-20(16)17-10-11-21-18(12-17)13-19(14-26)24-23(27)22(15(2)3)25(21)4/h1,6-12,15,19,22,26H,13-14H2,2-4H3,(H,24,27)/t19-,22?/m0/s1. The van der Waals surface area contributed by atoms with E-state index in [-0.39, 0.29) is 30.5 Å². The van der Waals surface area contributed by atoms with Crippen molar-refractivity contribution in [2.24, 2.45) is 5.92 Å². The minimum Gasteiger partial charge on any atom is -0.394 e. The van der Waals surface area contributed by atoms with Gasteiger partial charge in [-0.05, 0) is 47.2 Å². The van der Waals surface area contributed by atoms with Crippen molar-refractivity contribution in [3.8, 4) is 23.5 Å². The molecule has 2 aromatic rings. The Kier molecular flexibility index (Phi) is 5.53. The molecule has 4 nitrogen and oxygen atoms in total. The molecule has 27 heavy (non-hydrogen) atoms. The Bertz CT molecular complexity index is 882. The number of aliphatic hydroxyl groups excluding tert-OH is 1. The van der Waals surface area contributed by atoms with Gasteiger partial charge in [-0.2, -0.15) is 0 Å². The van der Waals surface area contributed by atoms with Crippen molar-refractivity contribution in [3.05, 3.63) is 53.6 Å². The molecule has 0 radical (unpaired) electrons. The highest BCUT2D eigenvalue weighted by Crippen LogP contribution is 2.32. The number of carbonyl (C=O) groups excluding carboxylic acids is 1. The summed E-state index contributed by atoms with van der Waals surface area (Å²) in [6.45, 7) is 3.98. The van der Waals surface area contributed by atoms with Crippen LogP contribution < -0.4 is 10.2 Å². The first-order valence-corrected chi connectivity index (χ1v) is 9.29. The van der Waals surface area contributed by atoms with Crippen molar-refractivity contribution in [3.63, 3.8) is 0 Å². The second-order valence-corrected chi connectivity index (χ2v) is 7.43. The number of hydrogen-bond donors (Lipinski definition) is 2. The van der Waals surface area contributed by atoms with Crippen LogP contribution >= 0.6 is 0 Å². The normalized spacial score (nSPS) is 19.7. The monoisotopic (exact) mass is 362 g/mol. The van der Waals surface area contributed by atoms with Gasteiger partial charge < -0.3 is 15.3 Å². The van der Waals surface area contributed by atoms with E-state index in [2.05, 4.69) is 29.4 Å². The maximum absolute atomic E-state index is 12.7. The van der Waals surface area contributed by atoms with Crippen LogP contribution in [0.3, 0.4) is 0 Å². The molecule has 3 rings (SSSR count). The highest BCUT2D eigenvalue weighted by atomic mass is 16.3. The van der Waals surface area contributed by atoms with Gasteiger partial charge in [0.15, 0.2) is 0 Å². The van der Waals surface area contributed by atoms with E-state index in [1.807, 2.05) is 50.1 Å². The second-order valence-electron chi connectivity index (χ2n) is 7.43. The maximum atomic E-state index is 12.7. The zero-order valence-electron chi connectivity index (χ0n) is 16.1. The molecule has 1 amide bonds. The lowest BCUT2D eigenvalue weighted by Crippen LogP contribution is -2.54. The summed E-state index contributed by atoms with van der Waals surface area (Å²) in [5.74, 6) is 2.84. The van der Waals surface area contributed by atoms with Gasteiger partial charge in [0, 0.05) is 18.3 Å². The van der Waals surface area contributed by atoms with Crippen LogP contribution in [0, 0.1) is 18.3 Å². The Labute approximate surface area is 161 Å². The molecule has 0 fully saturated rings. The molecule has 1 unspecified atom stereocenters. The number of likely N-dealkylation sites (N-methyl/N-ethyl adjacent to an activating group) is 1. The van der Waals surface area contributed by atoms with Gasteiger partial charge in [-0.15, -0.1) is 6.42 Å². The van der Waals surface area contributed by atoms with E-state index < -0.39 is 0 Å². The third-order valence-corrected chi connectivity index (χ3v) is 5.20. The van der Waals surface area contributed by atoms with Crippen LogP contribution in [-0.4, -0.2) is 36.8 Å². The number of fused-ring (bicyclic) bond motifs is 1. The highest BCUT2D eigenvalue weighted by molar-refractivity contribution is 5.87. The third-order valence-electron chi connectivity index (χ3n) is 5.20. The molecule has 0 saturated carbocycles. The van der Waals surface area contributed by atoms with E-state index in [9.17, 15) is 9.90 Å². The van der Waals surface area contributed by atoms with Crippen molar-refractivity contribution in [2.75, 3.05) is 18.6 Å². The Morgan fingerprint density at radius 3 is 2.70 bits per heavy atom. The summed E-state index contributed by atoms with van der Waals surface area (Å²) in [6.07, 6.45) is 6.23. The van der Waals surface area contributed by atoms with Gasteiger partial charge in [0.25, 0.3) is 0 Å². The third kappa shape index (κ3) is 3.70. The van der Waals surface area contributed by atoms with E-state index in [1.54, 1.807) is 0 Å². The minimum absolute atomic E-state index is 0.0426. The summed E-state index contributed by atoms with van der Waals surface area (Å²) >= 11 is 0. The number of carbonyl (C=O) groups is 1. The smallest absolute Gasteiger partial charge is 0.243 e. The van der Waals surface area contributed by atoms with Crippen LogP contribution in [0.2, 0.25) is 0 Å². The number of aliphatic hydroxyl groups is 1. The molecule has 0 spiro atoms. The van der Waals surface area contributed by atoms with Crippen LogP contribution in [0.5, 0.6) is 0 Å². The first-order chi connectivity index (χ1) is 13.0. The van der Waals surface area contributed by atoms with Crippen LogP contribution in [0.25, 0.3) is 11.1 Å². The Balaban J connectivity index is 2.12. The summed E-state index contributed by atoms with van der Waals surface area (Å²) in [4.78, 5) is 14.7. The molecule has 4 heteroatoms. The van der Waals surface area contributed by atoms with E-state index in [4.69, 9.17) is 6.42 Å². The van der Waals surface area contributed by atoms with Crippen molar-refractivity contribution < 1.29 is 9.90 Å². The molecule has 0 bridgehead atoms. The molecule has 2 N–H and O–H groups in total. The number of benzene rings is 2. The minimum atomic E-state index is -0.302. The highest BCUT2D eigenvalue weighted by Gasteiger charge is 2.32. The van der Waals surface area contributed by atoms with Crippen LogP contribution in [0.15, 0.2) is 42.5 Å². The number of amides is 1. The molecule has 0 aliphatic carbocycles. The van der Waals surface area contributed by atoms with Gasteiger partial charge >= 0.3 is 0 Å². The summed E-state index contributed by atoms with van der Waals surface area (Å²) in [5.41, 5.74) is 5.01. The van der Waals surface area contributed by atoms with Crippen LogP contribution in [0.1, 0.15) is 25.0 Å². The lowest BCUT2D eigenvalue weighted by Gasteiger charge is -2.37. The quantitative estimate of drug-likeness (QED) is 0.826. The molecular weight excluding hydrogens is 336 g/mol. The molecule has 1 aliphatic rings. The van der Waals surface area contributed by atoms with Crippen molar-refractivity contribution >= 4 is 11.6 Å². The SMILES string of the molecule is C#Cc1ccccc1-c1ccc2c(c1)C[C@@H](CO)NC(=O)C(C(C)C)N2C. The molecule has 1 aliphatic heterocycles. The fourth-order valence-electron chi connectivity index (χ4n) is 3.91. The molecular formula is C23H26N2O2. The number of hydrogen-bond acceptors (Lipinski definition) is 3. The molecule has 140 valence electrons.